The van der Waals surface area contributed by atoms with Crippen molar-refractivity contribution in [2.45, 2.75) is 19.4 Å². The molecule has 2 aromatic carbocycles. The van der Waals surface area contributed by atoms with E-state index in [1.54, 1.807) is 37.4 Å². The highest BCUT2D eigenvalue weighted by molar-refractivity contribution is 6.46. The van der Waals surface area contributed by atoms with Gasteiger partial charge in [0.25, 0.3) is 11.7 Å². The van der Waals surface area contributed by atoms with Crippen molar-refractivity contribution >= 4 is 23.1 Å². The first-order valence-electron chi connectivity index (χ1n) is 10.4. The Morgan fingerprint density at radius 3 is 2.77 bits per heavy atom. The van der Waals surface area contributed by atoms with Crippen LogP contribution in [0.25, 0.3) is 5.76 Å². The van der Waals surface area contributed by atoms with Crippen LogP contribution in [0.15, 0.2) is 48.0 Å². The van der Waals surface area contributed by atoms with Crippen LogP contribution in [0.1, 0.15) is 30.5 Å². The second-order valence-electron chi connectivity index (χ2n) is 7.72. The number of amides is 1. The van der Waals surface area contributed by atoms with Gasteiger partial charge in [-0.2, -0.15) is 0 Å². The molecule has 0 bridgehead atoms. The predicted octanol–water partition coefficient (Wildman–Crippen LogP) is 3.36. The molecule has 0 radical (unpaired) electrons. The van der Waals surface area contributed by atoms with Gasteiger partial charge in [-0.05, 0) is 42.3 Å². The van der Waals surface area contributed by atoms with E-state index in [1.165, 1.54) is 4.90 Å². The molecule has 162 valence electrons. The second-order valence-corrected chi connectivity index (χ2v) is 7.72. The third kappa shape index (κ3) is 3.60. The summed E-state index contributed by atoms with van der Waals surface area (Å²) in [4.78, 5) is 29.4. The van der Waals surface area contributed by atoms with E-state index in [0.29, 0.717) is 36.4 Å². The number of likely N-dealkylation sites (tertiary alicyclic amines) is 1. The molecule has 2 aromatic rings. The minimum Gasteiger partial charge on any atom is -0.507 e. The molecule has 4 rings (SSSR count). The van der Waals surface area contributed by atoms with Gasteiger partial charge in [0.05, 0.1) is 31.0 Å². The van der Waals surface area contributed by atoms with Crippen molar-refractivity contribution < 1.29 is 24.2 Å². The Morgan fingerprint density at radius 1 is 1.23 bits per heavy atom. The molecule has 0 saturated carbocycles. The third-order valence-electron chi connectivity index (χ3n) is 5.74. The summed E-state index contributed by atoms with van der Waals surface area (Å²) in [7, 11) is 3.51. The lowest BCUT2D eigenvalue weighted by Gasteiger charge is -2.28. The van der Waals surface area contributed by atoms with Gasteiger partial charge >= 0.3 is 0 Å². The number of rotatable bonds is 5. The van der Waals surface area contributed by atoms with Gasteiger partial charge in [-0.3, -0.25) is 9.59 Å². The molecule has 1 N–H and O–H groups in total. The summed E-state index contributed by atoms with van der Waals surface area (Å²) in [6.45, 7) is 3.67. The molecule has 0 aliphatic carbocycles. The molecular weight excluding hydrogens is 396 g/mol. The number of likely N-dealkylation sites (N-methyl/N-ethyl adjacent to an activating group) is 1. The first-order valence-corrected chi connectivity index (χ1v) is 10.4. The predicted molar refractivity (Wildman–Crippen MR) is 118 cm³/mol. The van der Waals surface area contributed by atoms with Gasteiger partial charge in [0.2, 0.25) is 0 Å². The number of anilines is 1. The number of hydrogen-bond donors (Lipinski definition) is 1. The van der Waals surface area contributed by atoms with E-state index in [4.69, 9.17) is 9.47 Å². The summed E-state index contributed by atoms with van der Waals surface area (Å²) in [6, 6.07) is 11.8. The zero-order valence-electron chi connectivity index (χ0n) is 17.9. The van der Waals surface area contributed by atoms with Gasteiger partial charge in [0.15, 0.2) is 0 Å². The second kappa shape index (κ2) is 8.34. The van der Waals surface area contributed by atoms with Crippen LogP contribution in [0.2, 0.25) is 0 Å². The van der Waals surface area contributed by atoms with E-state index >= 15 is 0 Å². The molecular formula is C24H26N2O5. The number of benzene rings is 2. The molecule has 1 saturated heterocycles. The number of aliphatic hydroxyl groups is 1. The van der Waals surface area contributed by atoms with Gasteiger partial charge in [-0.25, -0.2) is 0 Å². The number of ketones is 1. The van der Waals surface area contributed by atoms with Crippen molar-refractivity contribution in [2.24, 2.45) is 0 Å². The molecule has 7 nitrogen and oxygen atoms in total. The molecule has 7 heteroatoms. The number of fused-ring (bicyclic) bond motifs is 1. The Bertz CT molecular complexity index is 1060. The quantitative estimate of drug-likeness (QED) is 0.452. The van der Waals surface area contributed by atoms with E-state index in [1.807, 2.05) is 31.0 Å². The van der Waals surface area contributed by atoms with E-state index < -0.39 is 17.7 Å². The third-order valence-corrected chi connectivity index (χ3v) is 5.74. The van der Waals surface area contributed by atoms with Crippen LogP contribution in [0.4, 0.5) is 5.69 Å². The van der Waals surface area contributed by atoms with Crippen LogP contribution < -0.4 is 14.4 Å². The number of aliphatic hydroxyl groups excluding tert-OH is 1. The molecule has 0 spiro atoms. The van der Waals surface area contributed by atoms with Crippen molar-refractivity contribution in [1.82, 2.24) is 4.90 Å². The highest BCUT2D eigenvalue weighted by Gasteiger charge is 2.45. The molecule has 1 fully saturated rings. The maximum atomic E-state index is 13.0. The SMILES string of the molecule is CCCN1C(=O)C(=O)/C(=C(\O)c2ccc3c(c2)N(C)CCO3)C1c1cccc(OC)c1. The maximum absolute atomic E-state index is 13.0. The fourth-order valence-corrected chi connectivity index (χ4v) is 4.16. The van der Waals surface area contributed by atoms with Crippen molar-refractivity contribution in [3.05, 3.63) is 59.2 Å². The highest BCUT2D eigenvalue weighted by Crippen LogP contribution is 2.41. The minimum atomic E-state index is -0.680. The fourth-order valence-electron chi connectivity index (χ4n) is 4.16. The van der Waals surface area contributed by atoms with Crippen LogP contribution in [0, 0.1) is 0 Å². The lowest BCUT2D eigenvalue weighted by atomic mass is 9.94. The first kappa shape index (κ1) is 20.8. The zero-order valence-corrected chi connectivity index (χ0v) is 17.9. The van der Waals surface area contributed by atoms with Crippen molar-refractivity contribution in [3.8, 4) is 11.5 Å². The lowest BCUT2D eigenvalue weighted by molar-refractivity contribution is -0.139. The molecule has 0 aromatic heterocycles. The normalized spacial score (nSPS) is 19.9. The van der Waals surface area contributed by atoms with Crippen LogP contribution in [0.3, 0.4) is 0 Å². The number of hydrogen-bond acceptors (Lipinski definition) is 6. The topological polar surface area (TPSA) is 79.3 Å². The van der Waals surface area contributed by atoms with Crippen molar-refractivity contribution in [3.63, 3.8) is 0 Å². The standard InChI is InChI=1S/C24H26N2O5/c1-4-10-26-21(15-6-5-7-17(13-15)30-3)20(23(28)24(26)29)22(27)16-8-9-19-18(14-16)25(2)11-12-31-19/h5-9,13-14,21,27H,4,10-12H2,1-3H3/b22-20-. The highest BCUT2D eigenvalue weighted by atomic mass is 16.5. The summed E-state index contributed by atoms with van der Waals surface area (Å²) in [5.41, 5.74) is 2.10. The number of ether oxygens (including phenoxy) is 2. The zero-order chi connectivity index (χ0) is 22.1. The molecule has 2 aliphatic rings. The summed E-state index contributed by atoms with van der Waals surface area (Å²) < 4.78 is 11.0. The summed E-state index contributed by atoms with van der Waals surface area (Å²) in [6.07, 6.45) is 0.689. The summed E-state index contributed by atoms with van der Waals surface area (Å²) in [5, 5.41) is 11.2. The molecule has 1 atom stereocenters. The van der Waals surface area contributed by atoms with E-state index in [0.717, 1.165) is 18.0 Å². The van der Waals surface area contributed by atoms with Crippen LogP contribution in [-0.2, 0) is 9.59 Å². The Morgan fingerprint density at radius 2 is 2.03 bits per heavy atom. The van der Waals surface area contributed by atoms with E-state index in [2.05, 4.69) is 0 Å². The number of Topliss-reactive ketones (excluding diaryl/α,β-unsaturated/α-hetero) is 1. The van der Waals surface area contributed by atoms with Gasteiger partial charge < -0.3 is 24.4 Å². The lowest BCUT2D eigenvalue weighted by Crippen LogP contribution is -2.30. The fraction of sp³-hybridized carbons (Fsp3) is 0.333. The minimum absolute atomic E-state index is 0.0889. The Hall–Kier alpha value is -3.48. The molecule has 31 heavy (non-hydrogen) atoms. The van der Waals surface area contributed by atoms with Crippen LogP contribution in [-0.4, -0.2) is 55.6 Å². The average Bonchev–Trinajstić information content (AvgIpc) is 3.04. The Labute approximate surface area is 181 Å². The summed E-state index contributed by atoms with van der Waals surface area (Å²) in [5.74, 6) is -0.129. The van der Waals surface area contributed by atoms with E-state index in [-0.39, 0.29) is 11.3 Å². The van der Waals surface area contributed by atoms with Gasteiger partial charge in [0, 0.05) is 19.2 Å². The summed E-state index contributed by atoms with van der Waals surface area (Å²) >= 11 is 0. The number of carbonyl (C=O) groups is 2. The number of nitrogens with zero attached hydrogens (tertiary/aromatic N) is 2. The van der Waals surface area contributed by atoms with Gasteiger partial charge in [-0.15, -0.1) is 0 Å². The van der Waals surface area contributed by atoms with Gasteiger partial charge in [0.1, 0.15) is 23.9 Å². The largest absolute Gasteiger partial charge is 0.507 e. The Balaban J connectivity index is 1.86. The van der Waals surface area contributed by atoms with Crippen LogP contribution in [0.5, 0.6) is 11.5 Å². The van der Waals surface area contributed by atoms with Crippen molar-refractivity contribution in [1.29, 1.82) is 0 Å². The Kier molecular flexibility index (Phi) is 5.59. The first-order chi connectivity index (χ1) is 15.0. The van der Waals surface area contributed by atoms with Gasteiger partial charge in [-0.1, -0.05) is 19.1 Å². The average molecular weight is 422 g/mol. The molecule has 2 heterocycles. The molecule has 1 unspecified atom stereocenters. The smallest absolute Gasteiger partial charge is 0.295 e. The monoisotopic (exact) mass is 422 g/mol. The van der Waals surface area contributed by atoms with E-state index in [9.17, 15) is 14.7 Å². The molecule has 2 aliphatic heterocycles. The number of carbonyl (C=O) groups excluding carboxylic acids is 2. The molecule has 1 amide bonds. The number of methoxy groups -OCH3 is 1. The van der Waals surface area contributed by atoms with Crippen LogP contribution >= 0.6 is 0 Å². The van der Waals surface area contributed by atoms with Crippen molar-refractivity contribution in [2.75, 3.05) is 38.8 Å². The maximum Gasteiger partial charge on any atom is 0.295 e.